The first-order valence-corrected chi connectivity index (χ1v) is 6.64. The van der Waals surface area contributed by atoms with E-state index in [2.05, 4.69) is 17.2 Å². The van der Waals surface area contributed by atoms with Gasteiger partial charge in [0.2, 0.25) is 0 Å². The van der Waals surface area contributed by atoms with Gasteiger partial charge in [-0.3, -0.25) is 9.59 Å². The molecule has 1 aromatic rings. The molecule has 0 fully saturated rings. The van der Waals surface area contributed by atoms with Crippen molar-refractivity contribution < 1.29 is 14.7 Å². The van der Waals surface area contributed by atoms with Gasteiger partial charge in [-0.2, -0.15) is 0 Å². The Morgan fingerprint density at radius 1 is 1.40 bits per heavy atom. The highest BCUT2D eigenvalue weighted by Crippen LogP contribution is 2.05. The molecule has 1 unspecified atom stereocenters. The molecule has 0 aliphatic carbocycles. The van der Waals surface area contributed by atoms with Gasteiger partial charge in [-0.05, 0) is 31.5 Å². The van der Waals surface area contributed by atoms with Crippen LogP contribution >= 0.6 is 0 Å². The standard InChI is InChI=1S/C16H19NO3/c1-3-12(2)17-16(20)14-9-6-8-13(11-14)7-4-5-10-15(18)19/h6,8-9,11-12H,3,5,10H2,1-2H3,(H,17,20)(H,18,19). The van der Waals surface area contributed by atoms with E-state index in [4.69, 9.17) is 5.11 Å². The smallest absolute Gasteiger partial charge is 0.304 e. The van der Waals surface area contributed by atoms with Gasteiger partial charge < -0.3 is 10.4 Å². The molecule has 0 saturated carbocycles. The molecule has 4 heteroatoms. The van der Waals surface area contributed by atoms with Crippen LogP contribution < -0.4 is 5.32 Å². The van der Waals surface area contributed by atoms with Crippen LogP contribution in [0.1, 0.15) is 49.0 Å². The van der Waals surface area contributed by atoms with Crippen molar-refractivity contribution in [2.24, 2.45) is 0 Å². The topological polar surface area (TPSA) is 66.4 Å². The van der Waals surface area contributed by atoms with Crippen molar-refractivity contribution in [2.45, 2.75) is 39.2 Å². The number of carbonyl (C=O) groups is 2. The molecule has 0 heterocycles. The zero-order valence-electron chi connectivity index (χ0n) is 11.8. The number of amides is 1. The third-order valence-electron chi connectivity index (χ3n) is 2.81. The fourth-order valence-corrected chi connectivity index (χ4v) is 1.48. The van der Waals surface area contributed by atoms with E-state index in [1.165, 1.54) is 0 Å². The number of nitrogens with one attached hydrogen (secondary N) is 1. The Labute approximate surface area is 119 Å². The summed E-state index contributed by atoms with van der Waals surface area (Å²) in [5.74, 6) is 4.68. The lowest BCUT2D eigenvalue weighted by molar-refractivity contribution is -0.136. The second-order valence-corrected chi connectivity index (χ2v) is 4.56. The van der Waals surface area contributed by atoms with E-state index in [0.717, 1.165) is 6.42 Å². The fraction of sp³-hybridized carbons (Fsp3) is 0.375. The largest absolute Gasteiger partial charge is 0.481 e. The van der Waals surface area contributed by atoms with E-state index in [9.17, 15) is 9.59 Å². The predicted molar refractivity (Wildman–Crippen MR) is 77.4 cm³/mol. The zero-order chi connectivity index (χ0) is 15.0. The Bertz CT molecular complexity index is 540. The summed E-state index contributed by atoms with van der Waals surface area (Å²) >= 11 is 0. The highest BCUT2D eigenvalue weighted by atomic mass is 16.4. The van der Waals surface area contributed by atoms with Gasteiger partial charge in [-0.15, -0.1) is 0 Å². The third-order valence-corrected chi connectivity index (χ3v) is 2.81. The molecule has 0 aromatic heterocycles. The molecule has 106 valence electrons. The van der Waals surface area contributed by atoms with Gasteiger partial charge in [0.1, 0.15) is 0 Å². The summed E-state index contributed by atoms with van der Waals surface area (Å²) in [6.07, 6.45) is 1.21. The lowest BCUT2D eigenvalue weighted by Crippen LogP contribution is -2.31. The van der Waals surface area contributed by atoms with Crippen LogP contribution in [0.25, 0.3) is 0 Å². The van der Waals surface area contributed by atoms with Crippen LogP contribution in [0.15, 0.2) is 24.3 Å². The molecule has 2 N–H and O–H groups in total. The Morgan fingerprint density at radius 3 is 2.80 bits per heavy atom. The molecule has 0 saturated heterocycles. The predicted octanol–water partition coefficient (Wildman–Crippen LogP) is 2.43. The van der Waals surface area contributed by atoms with Crippen molar-refractivity contribution >= 4 is 11.9 Å². The second-order valence-electron chi connectivity index (χ2n) is 4.56. The first kappa shape index (κ1) is 15.8. The van der Waals surface area contributed by atoms with Crippen LogP contribution in [0.2, 0.25) is 0 Å². The maximum absolute atomic E-state index is 11.9. The summed E-state index contributed by atoms with van der Waals surface area (Å²) in [4.78, 5) is 22.3. The van der Waals surface area contributed by atoms with Crippen LogP contribution in [0.4, 0.5) is 0 Å². The summed E-state index contributed by atoms with van der Waals surface area (Å²) in [6.45, 7) is 3.96. The van der Waals surface area contributed by atoms with E-state index >= 15 is 0 Å². The minimum atomic E-state index is -0.860. The number of carboxylic acid groups (broad SMARTS) is 1. The van der Waals surface area contributed by atoms with Crippen LogP contribution in [-0.2, 0) is 4.79 Å². The summed E-state index contributed by atoms with van der Waals surface area (Å²) in [6, 6.07) is 7.15. The molecule has 1 rings (SSSR count). The third kappa shape index (κ3) is 5.57. The number of hydrogen-bond acceptors (Lipinski definition) is 2. The number of carboxylic acids is 1. The maximum atomic E-state index is 11.9. The highest BCUT2D eigenvalue weighted by molar-refractivity contribution is 5.94. The minimum Gasteiger partial charge on any atom is -0.481 e. The van der Waals surface area contributed by atoms with Gasteiger partial charge in [0.15, 0.2) is 0 Å². The van der Waals surface area contributed by atoms with Gasteiger partial charge in [0, 0.05) is 23.6 Å². The molecule has 1 amide bonds. The number of aliphatic carboxylic acids is 1. The summed E-state index contributed by atoms with van der Waals surface area (Å²) in [7, 11) is 0. The molecule has 0 aliphatic rings. The van der Waals surface area contributed by atoms with Crippen LogP contribution in [0.5, 0.6) is 0 Å². The molecule has 0 aliphatic heterocycles. The second kappa shape index (κ2) is 8.00. The molecule has 0 spiro atoms. The zero-order valence-corrected chi connectivity index (χ0v) is 11.8. The van der Waals surface area contributed by atoms with Gasteiger partial charge in [-0.25, -0.2) is 0 Å². The van der Waals surface area contributed by atoms with E-state index in [0.29, 0.717) is 17.5 Å². The van der Waals surface area contributed by atoms with E-state index in [1.807, 2.05) is 13.8 Å². The van der Waals surface area contributed by atoms with Crippen molar-refractivity contribution in [3.63, 3.8) is 0 Å². The van der Waals surface area contributed by atoms with E-state index < -0.39 is 5.97 Å². The maximum Gasteiger partial charge on any atom is 0.304 e. The van der Waals surface area contributed by atoms with Crippen LogP contribution in [-0.4, -0.2) is 23.0 Å². The summed E-state index contributed by atoms with van der Waals surface area (Å²) < 4.78 is 0. The molecule has 0 radical (unpaired) electrons. The van der Waals surface area contributed by atoms with Crippen LogP contribution in [0.3, 0.4) is 0 Å². The summed E-state index contributed by atoms with van der Waals surface area (Å²) in [5, 5.41) is 11.4. The van der Waals surface area contributed by atoms with Crippen molar-refractivity contribution in [3.8, 4) is 11.8 Å². The van der Waals surface area contributed by atoms with Gasteiger partial charge in [0.05, 0.1) is 6.42 Å². The Morgan fingerprint density at radius 2 is 2.15 bits per heavy atom. The Hall–Kier alpha value is -2.28. The van der Waals surface area contributed by atoms with Crippen molar-refractivity contribution in [2.75, 3.05) is 0 Å². The van der Waals surface area contributed by atoms with E-state index in [1.54, 1.807) is 24.3 Å². The Kier molecular flexibility index (Phi) is 6.31. The van der Waals surface area contributed by atoms with Gasteiger partial charge in [-0.1, -0.05) is 24.8 Å². The van der Waals surface area contributed by atoms with Crippen LogP contribution in [0, 0.1) is 11.8 Å². The average Bonchev–Trinajstić information content (AvgIpc) is 2.43. The number of rotatable bonds is 5. The van der Waals surface area contributed by atoms with Crippen molar-refractivity contribution in [1.82, 2.24) is 5.32 Å². The quantitative estimate of drug-likeness (QED) is 0.810. The van der Waals surface area contributed by atoms with Gasteiger partial charge >= 0.3 is 5.97 Å². The highest BCUT2D eigenvalue weighted by Gasteiger charge is 2.08. The SMILES string of the molecule is CCC(C)NC(=O)c1cccc(C#CCCC(=O)O)c1. The average molecular weight is 273 g/mol. The molecule has 0 bridgehead atoms. The molecule has 1 atom stereocenters. The molecule has 4 nitrogen and oxygen atoms in total. The number of benzene rings is 1. The summed E-state index contributed by atoms with van der Waals surface area (Å²) in [5.41, 5.74) is 1.28. The number of carbonyl (C=O) groups excluding carboxylic acids is 1. The minimum absolute atomic E-state index is 0.0290. The normalized spacial score (nSPS) is 11.1. The van der Waals surface area contributed by atoms with E-state index in [-0.39, 0.29) is 18.4 Å². The first-order valence-electron chi connectivity index (χ1n) is 6.64. The lowest BCUT2D eigenvalue weighted by atomic mass is 10.1. The molecule has 1 aromatic carbocycles. The lowest BCUT2D eigenvalue weighted by Gasteiger charge is -2.11. The molecular weight excluding hydrogens is 254 g/mol. The first-order chi connectivity index (χ1) is 9.52. The van der Waals surface area contributed by atoms with Crippen molar-refractivity contribution in [3.05, 3.63) is 35.4 Å². The number of hydrogen-bond donors (Lipinski definition) is 2. The van der Waals surface area contributed by atoms with Crippen molar-refractivity contribution in [1.29, 1.82) is 0 Å². The fourth-order valence-electron chi connectivity index (χ4n) is 1.48. The Balaban J connectivity index is 2.70. The van der Waals surface area contributed by atoms with Gasteiger partial charge in [0.25, 0.3) is 5.91 Å². The molecule has 20 heavy (non-hydrogen) atoms. The molecular formula is C16H19NO3. The monoisotopic (exact) mass is 273 g/mol.